The fraction of sp³-hybridized carbons (Fsp3) is 0.0769. The van der Waals surface area contributed by atoms with Crippen LogP contribution in [-0.2, 0) is 4.74 Å². The molecule has 0 bridgehead atoms. The van der Waals surface area contributed by atoms with Crippen molar-refractivity contribution < 1.29 is 23.6 Å². The molecule has 0 aliphatic heterocycles. The summed E-state index contributed by atoms with van der Waals surface area (Å²) in [6.07, 6.45) is 20.0. The maximum atomic E-state index is 5.14. The molecule has 74 valence electrons. The molecule has 1 nitrogen and oxygen atoms in total. The Kier molecular flexibility index (Phi) is 16.6. The summed E-state index contributed by atoms with van der Waals surface area (Å²) in [6, 6.07) is 0. The number of ether oxygens (including phenoxy) is 1. The van der Waals surface area contributed by atoms with Gasteiger partial charge in [0.15, 0.2) is 0 Å². The van der Waals surface area contributed by atoms with E-state index >= 15 is 0 Å². The minimum absolute atomic E-state index is 0. The fourth-order valence-electron chi connectivity index (χ4n) is 0.637. The fourth-order valence-corrected chi connectivity index (χ4v) is 0.637. The third-order valence-corrected chi connectivity index (χ3v) is 1.21. The van der Waals surface area contributed by atoms with E-state index in [-0.39, 0.29) is 18.9 Å². The third kappa shape index (κ3) is 15.6. The summed E-state index contributed by atoms with van der Waals surface area (Å²) < 4.78 is 4.72. The average Bonchev–Trinajstić information content (AvgIpc) is 2.21. The van der Waals surface area contributed by atoms with Gasteiger partial charge in [-0.2, -0.15) is 0 Å². The normalized spacial score (nSPS) is 12.1. The summed E-state index contributed by atoms with van der Waals surface area (Å²) in [5, 5.41) is 0. The van der Waals surface area contributed by atoms with Crippen LogP contribution in [0.4, 0.5) is 0 Å². The number of rotatable bonds is 6. The topological polar surface area (TPSA) is 9.23 Å². The maximum absolute atomic E-state index is 5.14. The molecule has 0 saturated heterocycles. The molecule has 0 radical (unpaired) electrons. The average molecular weight is 194 g/mol. The number of hydrogen-bond donors (Lipinski definition) is 0. The summed E-state index contributed by atoms with van der Waals surface area (Å²) in [5.41, 5.74) is 0. The molecule has 0 atom stereocenters. The predicted molar refractivity (Wildman–Crippen MR) is 61.6 cm³/mol. The molecule has 0 N–H and O–H groups in total. The van der Waals surface area contributed by atoms with Crippen molar-refractivity contribution in [1.29, 1.82) is 0 Å². The number of methoxy groups -OCH3 is 1. The molecular formula is C13H15LiO. The second-order valence-corrected chi connectivity index (χ2v) is 2.30. The van der Waals surface area contributed by atoms with Gasteiger partial charge in [0.25, 0.3) is 0 Å². The Bertz CT molecular complexity index is 270. The molecule has 0 aliphatic rings. The first-order chi connectivity index (χ1) is 6.91. The van der Waals surface area contributed by atoms with Crippen LogP contribution in [0.5, 0.6) is 0 Å². The van der Waals surface area contributed by atoms with Crippen LogP contribution >= 0.6 is 0 Å². The standard InChI is InChI=1S/C13H15O.Li/c1-3-4-5-6-7-8-9-10-11-12-13-14-2;/h1,3-13H,2H3;/q-1;+1/b5-4+,7-6+,9-8+,11-10+,13-12+;. The van der Waals surface area contributed by atoms with Crippen molar-refractivity contribution in [3.8, 4) is 0 Å². The zero-order valence-electron chi connectivity index (χ0n) is 9.34. The summed E-state index contributed by atoms with van der Waals surface area (Å²) in [5.74, 6) is 0. The molecule has 0 spiro atoms. The van der Waals surface area contributed by atoms with E-state index in [1.165, 1.54) is 6.08 Å². The molecule has 0 rings (SSSR count). The summed E-state index contributed by atoms with van der Waals surface area (Å²) in [6.45, 7) is 5.14. The molecule has 0 aromatic rings. The van der Waals surface area contributed by atoms with Crippen molar-refractivity contribution in [2.45, 2.75) is 0 Å². The van der Waals surface area contributed by atoms with Gasteiger partial charge in [-0.05, 0) is 6.08 Å². The van der Waals surface area contributed by atoms with Crippen molar-refractivity contribution in [3.05, 3.63) is 73.6 Å². The number of hydrogen-bond acceptors (Lipinski definition) is 1. The zero-order chi connectivity index (χ0) is 10.5. The predicted octanol–water partition coefficient (Wildman–Crippen LogP) is 0.364. The molecule has 15 heavy (non-hydrogen) atoms. The van der Waals surface area contributed by atoms with Crippen molar-refractivity contribution in [2.24, 2.45) is 0 Å². The van der Waals surface area contributed by atoms with E-state index in [4.69, 9.17) is 11.3 Å². The molecule has 0 aromatic carbocycles. The van der Waals surface area contributed by atoms with Gasteiger partial charge in [0, 0.05) is 0 Å². The Labute approximate surface area is 104 Å². The first kappa shape index (κ1) is 16.3. The Hall–Kier alpha value is -1.16. The van der Waals surface area contributed by atoms with Crippen molar-refractivity contribution >= 4 is 0 Å². The van der Waals surface area contributed by atoms with Crippen molar-refractivity contribution in [1.82, 2.24) is 0 Å². The molecule has 0 heterocycles. The van der Waals surface area contributed by atoms with E-state index in [0.29, 0.717) is 0 Å². The monoisotopic (exact) mass is 194 g/mol. The van der Waals surface area contributed by atoms with Gasteiger partial charge >= 0.3 is 18.9 Å². The molecule has 0 amide bonds. The first-order valence-electron chi connectivity index (χ1n) is 4.31. The Morgan fingerprint density at radius 2 is 1.13 bits per heavy atom. The number of allylic oxidation sites excluding steroid dienone is 10. The van der Waals surface area contributed by atoms with Crippen LogP contribution < -0.4 is 18.9 Å². The SMILES string of the molecule is [CH-]=C/C=C/C=C/C=C/C=C/C=C/OC.[Li+]. The van der Waals surface area contributed by atoms with Crippen LogP contribution in [0.25, 0.3) is 0 Å². The van der Waals surface area contributed by atoms with Crippen molar-refractivity contribution in [2.75, 3.05) is 7.11 Å². The van der Waals surface area contributed by atoms with E-state index < -0.39 is 0 Å². The minimum Gasteiger partial charge on any atom is -0.504 e. The molecule has 0 aromatic heterocycles. The van der Waals surface area contributed by atoms with E-state index in [1.54, 1.807) is 19.4 Å². The van der Waals surface area contributed by atoms with Gasteiger partial charge in [-0.1, -0.05) is 36.5 Å². The van der Waals surface area contributed by atoms with Gasteiger partial charge < -0.3 is 4.74 Å². The van der Waals surface area contributed by atoms with Crippen LogP contribution in [0.2, 0.25) is 0 Å². The molecule has 2 heteroatoms. The van der Waals surface area contributed by atoms with Crippen LogP contribution in [0.1, 0.15) is 0 Å². The van der Waals surface area contributed by atoms with Gasteiger partial charge in [0.05, 0.1) is 13.4 Å². The van der Waals surface area contributed by atoms with Gasteiger partial charge in [0.2, 0.25) is 0 Å². The molecule has 0 unspecified atom stereocenters. The molecule has 0 fully saturated rings. The quantitative estimate of drug-likeness (QED) is 0.257. The largest absolute Gasteiger partial charge is 1.00 e. The maximum Gasteiger partial charge on any atom is 1.00 e. The Morgan fingerprint density at radius 1 is 0.733 bits per heavy atom. The molecule has 0 aliphatic carbocycles. The summed E-state index contributed by atoms with van der Waals surface area (Å²) >= 11 is 0. The van der Waals surface area contributed by atoms with E-state index in [0.717, 1.165) is 0 Å². The zero-order valence-corrected chi connectivity index (χ0v) is 9.34. The van der Waals surface area contributed by atoms with Crippen LogP contribution in [0.3, 0.4) is 0 Å². The van der Waals surface area contributed by atoms with E-state index in [2.05, 4.69) is 0 Å². The van der Waals surface area contributed by atoms with E-state index in [1.807, 2.05) is 48.6 Å². The van der Waals surface area contributed by atoms with Gasteiger partial charge in [-0.25, -0.2) is 12.2 Å². The second-order valence-electron chi connectivity index (χ2n) is 2.30. The molecular weight excluding hydrogens is 179 g/mol. The Balaban J connectivity index is 0. The molecule has 0 saturated carbocycles. The van der Waals surface area contributed by atoms with Gasteiger partial charge in [-0.15, -0.1) is 6.08 Å². The Morgan fingerprint density at radius 3 is 1.53 bits per heavy atom. The van der Waals surface area contributed by atoms with E-state index in [9.17, 15) is 0 Å². The smallest absolute Gasteiger partial charge is 0.504 e. The third-order valence-electron chi connectivity index (χ3n) is 1.21. The second kappa shape index (κ2) is 15.3. The summed E-state index contributed by atoms with van der Waals surface area (Å²) in [4.78, 5) is 0. The van der Waals surface area contributed by atoms with Gasteiger partial charge in [0.1, 0.15) is 0 Å². The van der Waals surface area contributed by atoms with Crippen LogP contribution in [0, 0.1) is 6.58 Å². The summed E-state index contributed by atoms with van der Waals surface area (Å²) in [7, 11) is 1.61. The first-order valence-corrected chi connectivity index (χ1v) is 4.31. The van der Waals surface area contributed by atoms with Gasteiger partial charge in [-0.3, -0.25) is 6.58 Å². The van der Waals surface area contributed by atoms with Crippen LogP contribution in [-0.4, -0.2) is 7.11 Å². The van der Waals surface area contributed by atoms with Crippen LogP contribution in [0.15, 0.2) is 67.0 Å². The van der Waals surface area contributed by atoms with Crippen molar-refractivity contribution in [3.63, 3.8) is 0 Å². The minimum atomic E-state index is 0.